The highest BCUT2D eigenvalue weighted by Gasteiger charge is 1.98. The molecule has 0 aliphatic rings. The topological polar surface area (TPSA) is 38.0 Å². The van der Waals surface area contributed by atoms with Gasteiger partial charge in [0.2, 0.25) is 0 Å². The summed E-state index contributed by atoms with van der Waals surface area (Å²) in [7, 11) is 0. The lowest BCUT2D eigenvalue weighted by atomic mass is 10.1. The van der Waals surface area contributed by atoms with Gasteiger partial charge in [0.25, 0.3) is 0 Å². The van der Waals surface area contributed by atoms with Crippen LogP contribution in [-0.2, 0) is 0 Å². The monoisotopic (exact) mass is 226 g/mol. The van der Waals surface area contributed by atoms with E-state index in [0.717, 1.165) is 30.1 Å². The van der Waals surface area contributed by atoms with Crippen molar-refractivity contribution in [3.8, 4) is 0 Å². The van der Waals surface area contributed by atoms with Crippen LogP contribution in [-0.4, -0.2) is 12.6 Å². The van der Waals surface area contributed by atoms with Gasteiger partial charge in [0, 0.05) is 23.3 Å². The molecule has 15 heavy (non-hydrogen) atoms. The van der Waals surface area contributed by atoms with Gasteiger partial charge in [0.15, 0.2) is 0 Å². The Morgan fingerprint density at radius 3 is 2.80 bits per heavy atom. The summed E-state index contributed by atoms with van der Waals surface area (Å²) >= 11 is 5.88. The summed E-state index contributed by atoms with van der Waals surface area (Å²) in [5.74, 6) is 0. The van der Waals surface area contributed by atoms with Crippen LogP contribution in [0, 0.1) is 6.92 Å². The van der Waals surface area contributed by atoms with Crippen LogP contribution in [0.4, 0.5) is 5.69 Å². The van der Waals surface area contributed by atoms with E-state index in [1.54, 1.807) is 0 Å². The van der Waals surface area contributed by atoms with Crippen molar-refractivity contribution >= 4 is 17.3 Å². The minimum Gasteiger partial charge on any atom is -0.385 e. The van der Waals surface area contributed by atoms with Crippen molar-refractivity contribution < 1.29 is 0 Å². The van der Waals surface area contributed by atoms with Crippen molar-refractivity contribution in [2.24, 2.45) is 5.73 Å². The molecule has 3 heteroatoms. The minimum absolute atomic E-state index is 0.290. The van der Waals surface area contributed by atoms with Crippen LogP contribution < -0.4 is 11.1 Å². The molecule has 0 saturated carbocycles. The molecule has 0 aliphatic carbocycles. The maximum absolute atomic E-state index is 5.88. The number of hydrogen-bond donors (Lipinski definition) is 2. The van der Waals surface area contributed by atoms with Gasteiger partial charge >= 0.3 is 0 Å². The third-order valence-electron chi connectivity index (χ3n) is 2.34. The maximum Gasteiger partial charge on any atom is 0.0410 e. The first-order chi connectivity index (χ1) is 7.09. The van der Waals surface area contributed by atoms with Crippen molar-refractivity contribution in [3.63, 3.8) is 0 Å². The number of benzene rings is 1. The molecule has 0 aromatic heterocycles. The van der Waals surface area contributed by atoms with Crippen LogP contribution in [0.5, 0.6) is 0 Å². The first-order valence-corrected chi connectivity index (χ1v) is 5.73. The molecule has 0 bridgehead atoms. The number of aryl methyl sites for hydroxylation is 1. The van der Waals surface area contributed by atoms with Gasteiger partial charge in [-0.1, -0.05) is 11.6 Å². The lowest BCUT2D eigenvalue weighted by molar-refractivity contribution is 0.639. The average Bonchev–Trinajstić information content (AvgIpc) is 2.14. The third kappa shape index (κ3) is 4.54. The second-order valence-corrected chi connectivity index (χ2v) is 4.44. The Morgan fingerprint density at radius 1 is 1.47 bits per heavy atom. The molecule has 0 amide bonds. The minimum atomic E-state index is 0.290. The highest BCUT2D eigenvalue weighted by Crippen LogP contribution is 2.19. The number of anilines is 1. The molecule has 3 N–H and O–H groups in total. The second-order valence-electron chi connectivity index (χ2n) is 4.01. The lowest BCUT2D eigenvalue weighted by Crippen LogP contribution is -2.16. The summed E-state index contributed by atoms with van der Waals surface area (Å²) in [6, 6.07) is 6.18. The van der Waals surface area contributed by atoms with Gasteiger partial charge < -0.3 is 11.1 Å². The number of nitrogens with one attached hydrogen (secondary N) is 1. The van der Waals surface area contributed by atoms with Gasteiger partial charge in [0.05, 0.1) is 0 Å². The molecule has 2 nitrogen and oxygen atoms in total. The predicted molar refractivity (Wildman–Crippen MR) is 67.6 cm³/mol. The number of nitrogens with two attached hydrogens (primary N) is 1. The summed E-state index contributed by atoms with van der Waals surface area (Å²) in [5.41, 5.74) is 8.02. The molecule has 1 aromatic rings. The molecule has 0 heterocycles. The summed E-state index contributed by atoms with van der Waals surface area (Å²) in [6.07, 6.45) is 2.15. The van der Waals surface area contributed by atoms with E-state index in [1.165, 1.54) is 5.56 Å². The molecular formula is C12H19ClN2. The van der Waals surface area contributed by atoms with E-state index in [4.69, 9.17) is 17.3 Å². The van der Waals surface area contributed by atoms with Gasteiger partial charge in [-0.3, -0.25) is 0 Å². The molecule has 1 atom stereocenters. The van der Waals surface area contributed by atoms with Crippen LogP contribution in [0.3, 0.4) is 0 Å². The second kappa shape index (κ2) is 5.99. The zero-order chi connectivity index (χ0) is 11.3. The quantitative estimate of drug-likeness (QED) is 0.757. The summed E-state index contributed by atoms with van der Waals surface area (Å²) < 4.78 is 0. The van der Waals surface area contributed by atoms with Crippen LogP contribution in [0.25, 0.3) is 0 Å². The molecule has 1 rings (SSSR count). The van der Waals surface area contributed by atoms with E-state index in [0.29, 0.717) is 0 Å². The van der Waals surface area contributed by atoms with Crippen molar-refractivity contribution in [2.75, 3.05) is 11.9 Å². The fourth-order valence-corrected chi connectivity index (χ4v) is 1.70. The average molecular weight is 227 g/mol. The Hall–Kier alpha value is -0.730. The molecular weight excluding hydrogens is 208 g/mol. The van der Waals surface area contributed by atoms with Gasteiger partial charge in [-0.15, -0.1) is 0 Å². The van der Waals surface area contributed by atoms with Gasteiger partial charge in [-0.05, 0) is 50.5 Å². The molecule has 0 aliphatic heterocycles. The van der Waals surface area contributed by atoms with Crippen LogP contribution >= 0.6 is 11.6 Å². The zero-order valence-corrected chi connectivity index (χ0v) is 10.1. The highest BCUT2D eigenvalue weighted by molar-refractivity contribution is 6.30. The fraction of sp³-hybridized carbons (Fsp3) is 0.500. The Bertz CT molecular complexity index is 310. The summed E-state index contributed by atoms with van der Waals surface area (Å²) in [4.78, 5) is 0. The molecule has 1 unspecified atom stereocenters. The first-order valence-electron chi connectivity index (χ1n) is 5.35. The first kappa shape index (κ1) is 12.3. The predicted octanol–water partition coefficient (Wildman–Crippen LogP) is 3.19. The number of hydrogen-bond acceptors (Lipinski definition) is 2. The van der Waals surface area contributed by atoms with E-state index in [1.807, 2.05) is 25.1 Å². The smallest absolute Gasteiger partial charge is 0.0410 e. The fourth-order valence-electron chi connectivity index (χ4n) is 1.47. The van der Waals surface area contributed by atoms with Crippen LogP contribution in [0.1, 0.15) is 25.3 Å². The Labute approximate surface area is 96.8 Å². The van der Waals surface area contributed by atoms with E-state index >= 15 is 0 Å². The standard InChI is InChI=1S/C12H19ClN2/c1-9-8-11(13)5-6-12(9)15-7-3-4-10(2)14/h5-6,8,10,15H,3-4,7,14H2,1-2H3. The largest absolute Gasteiger partial charge is 0.385 e. The van der Waals surface area contributed by atoms with E-state index in [-0.39, 0.29) is 6.04 Å². The van der Waals surface area contributed by atoms with Crippen molar-refractivity contribution in [2.45, 2.75) is 32.7 Å². The van der Waals surface area contributed by atoms with Gasteiger partial charge in [-0.2, -0.15) is 0 Å². The molecule has 0 saturated heterocycles. The number of rotatable bonds is 5. The van der Waals surface area contributed by atoms with Crippen LogP contribution in [0.15, 0.2) is 18.2 Å². The van der Waals surface area contributed by atoms with Crippen molar-refractivity contribution in [1.29, 1.82) is 0 Å². The molecule has 0 spiro atoms. The maximum atomic E-state index is 5.88. The summed E-state index contributed by atoms with van der Waals surface area (Å²) in [5, 5.41) is 4.17. The SMILES string of the molecule is Cc1cc(Cl)ccc1NCCCC(C)N. The molecule has 0 fully saturated rings. The van der Waals surface area contributed by atoms with Crippen LogP contribution in [0.2, 0.25) is 5.02 Å². The number of halogens is 1. The Morgan fingerprint density at radius 2 is 2.20 bits per heavy atom. The Balaban J connectivity index is 2.37. The highest BCUT2D eigenvalue weighted by atomic mass is 35.5. The van der Waals surface area contributed by atoms with E-state index < -0.39 is 0 Å². The lowest BCUT2D eigenvalue weighted by Gasteiger charge is -2.10. The molecule has 84 valence electrons. The normalized spacial score (nSPS) is 12.5. The van der Waals surface area contributed by atoms with Crippen molar-refractivity contribution in [3.05, 3.63) is 28.8 Å². The Kier molecular flexibility index (Phi) is 4.92. The summed E-state index contributed by atoms with van der Waals surface area (Å²) in [6.45, 7) is 5.05. The van der Waals surface area contributed by atoms with Gasteiger partial charge in [0.1, 0.15) is 0 Å². The van der Waals surface area contributed by atoms with E-state index in [9.17, 15) is 0 Å². The molecule has 1 aromatic carbocycles. The van der Waals surface area contributed by atoms with Gasteiger partial charge in [-0.25, -0.2) is 0 Å². The zero-order valence-electron chi connectivity index (χ0n) is 9.39. The third-order valence-corrected chi connectivity index (χ3v) is 2.58. The molecule has 0 radical (unpaired) electrons. The van der Waals surface area contributed by atoms with Crippen molar-refractivity contribution in [1.82, 2.24) is 0 Å². The van der Waals surface area contributed by atoms with E-state index in [2.05, 4.69) is 12.2 Å².